The highest BCUT2D eigenvalue weighted by Crippen LogP contribution is 2.23. The Labute approximate surface area is 142 Å². The number of anilines is 2. The van der Waals surface area contributed by atoms with Crippen molar-refractivity contribution in [2.75, 3.05) is 24.2 Å². The highest BCUT2D eigenvalue weighted by atomic mass is 16.2. The van der Waals surface area contributed by atoms with E-state index < -0.39 is 0 Å². The lowest BCUT2D eigenvalue weighted by Crippen LogP contribution is -2.22. The summed E-state index contributed by atoms with van der Waals surface area (Å²) in [5.74, 6) is 0.0924. The third-order valence-corrected chi connectivity index (χ3v) is 3.68. The summed E-state index contributed by atoms with van der Waals surface area (Å²) >= 11 is 0. The van der Waals surface area contributed by atoms with Gasteiger partial charge in [0.1, 0.15) is 0 Å². The van der Waals surface area contributed by atoms with Crippen LogP contribution in [0.1, 0.15) is 35.7 Å². The molecule has 0 spiro atoms. The summed E-state index contributed by atoms with van der Waals surface area (Å²) in [6.45, 7) is 4.35. The van der Waals surface area contributed by atoms with Crippen molar-refractivity contribution in [3.8, 4) is 0 Å². The second kappa shape index (κ2) is 8.15. The summed E-state index contributed by atoms with van der Waals surface area (Å²) in [6.07, 6.45) is 0. The zero-order valence-corrected chi connectivity index (χ0v) is 14.2. The number of hydrogen-bond acceptors (Lipinski definition) is 3. The van der Waals surface area contributed by atoms with Crippen LogP contribution >= 0.6 is 0 Å². The Bertz CT molecular complexity index is 709. The lowest BCUT2D eigenvalue weighted by molar-refractivity contribution is -0.114. The van der Waals surface area contributed by atoms with E-state index in [-0.39, 0.29) is 18.4 Å². The van der Waals surface area contributed by atoms with Gasteiger partial charge in [0.15, 0.2) is 0 Å². The molecule has 0 saturated carbocycles. The number of rotatable bonds is 6. The molecular formula is C19H23N3O2. The van der Waals surface area contributed by atoms with Crippen molar-refractivity contribution in [3.63, 3.8) is 0 Å². The van der Waals surface area contributed by atoms with E-state index in [2.05, 4.69) is 29.8 Å². The predicted octanol–water partition coefficient (Wildman–Crippen LogP) is 3.22. The maximum Gasteiger partial charge on any atom is 0.251 e. The van der Waals surface area contributed by atoms with Crippen LogP contribution in [-0.4, -0.2) is 25.4 Å². The first-order valence-electron chi connectivity index (χ1n) is 7.96. The lowest BCUT2D eigenvalue weighted by Gasteiger charge is -2.14. The van der Waals surface area contributed by atoms with Crippen LogP contribution in [-0.2, 0) is 4.79 Å². The Kier molecular flexibility index (Phi) is 5.95. The van der Waals surface area contributed by atoms with E-state index in [0.29, 0.717) is 11.5 Å². The van der Waals surface area contributed by atoms with Gasteiger partial charge >= 0.3 is 0 Å². The quantitative estimate of drug-likeness (QED) is 0.764. The first kappa shape index (κ1) is 17.5. The van der Waals surface area contributed by atoms with Gasteiger partial charge in [-0.1, -0.05) is 32.0 Å². The smallest absolute Gasteiger partial charge is 0.251 e. The SMILES string of the molecule is CNC(=O)c1ccc(NCC(=O)Nc2ccccc2C(C)C)cc1. The molecule has 0 heterocycles. The topological polar surface area (TPSA) is 70.2 Å². The Hall–Kier alpha value is -2.82. The van der Waals surface area contributed by atoms with Crippen molar-refractivity contribution in [1.29, 1.82) is 0 Å². The zero-order chi connectivity index (χ0) is 17.5. The van der Waals surface area contributed by atoms with Crippen LogP contribution in [0, 0.1) is 0 Å². The fraction of sp³-hybridized carbons (Fsp3) is 0.263. The summed E-state index contributed by atoms with van der Waals surface area (Å²) in [6, 6.07) is 14.8. The van der Waals surface area contributed by atoms with Crippen molar-refractivity contribution in [3.05, 3.63) is 59.7 Å². The molecule has 0 fully saturated rings. The van der Waals surface area contributed by atoms with Crippen LogP contribution in [0.5, 0.6) is 0 Å². The van der Waals surface area contributed by atoms with E-state index in [4.69, 9.17) is 0 Å². The van der Waals surface area contributed by atoms with Crippen LogP contribution in [0.2, 0.25) is 0 Å². The summed E-state index contributed by atoms with van der Waals surface area (Å²) < 4.78 is 0. The van der Waals surface area contributed by atoms with Crippen LogP contribution < -0.4 is 16.0 Å². The molecule has 0 aromatic heterocycles. The Balaban J connectivity index is 1.93. The molecule has 0 aliphatic heterocycles. The highest BCUT2D eigenvalue weighted by Gasteiger charge is 2.09. The molecule has 0 atom stereocenters. The van der Waals surface area contributed by atoms with Gasteiger partial charge in [-0.05, 0) is 41.8 Å². The fourth-order valence-corrected chi connectivity index (χ4v) is 2.37. The molecular weight excluding hydrogens is 302 g/mol. The highest BCUT2D eigenvalue weighted by molar-refractivity contribution is 5.95. The second-order valence-electron chi connectivity index (χ2n) is 5.80. The minimum absolute atomic E-state index is 0.113. The monoisotopic (exact) mass is 325 g/mol. The number of amides is 2. The first-order chi connectivity index (χ1) is 11.5. The second-order valence-corrected chi connectivity index (χ2v) is 5.80. The van der Waals surface area contributed by atoms with Crippen molar-refractivity contribution in [1.82, 2.24) is 5.32 Å². The van der Waals surface area contributed by atoms with E-state index in [1.54, 1.807) is 31.3 Å². The van der Waals surface area contributed by atoms with Crippen molar-refractivity contribution in [2.24, 2.45) is 0 Å². The standard InChI is InChI=1S/C19H23N3O2/c1-13(2)16-6-4-5-7-17(16)22-18(23)12-21-15-10-8-14(9-11-15)19(24)20-3/h4-11,13,21H,12H2,1-3H3,(H,20,24)(H,22,23). The summed E-state index contributed by atoms with van der Waals surface area (Å²) in [5, 5.41) is 8.56. The number of carbonyl (C=O) groups is 2. The lowest BCUT2D eigenvalue weighted by atomic mass is 10.0. The average molecular weight is 325 g/mol. The molecule has 0 bridgehead atoms. The average Bonchev–Trinajstić information content (AvgIpc) is 2.60. The maximum absolute atomic E-state index is 12.1. The van der Waals surface area contributed by atoms with Gasteiger partial charge in [0, 0.05) is 24.0 Å². The van der Waals surface area contributed by atoms with Crippen molar-refractivity contribution < 1.29 is 9.59 Å². The molecule has 2 aromatic rings. The third-order valence-electron chi connectivity index (χ3n) is 3.68. The van der Waals surface area contributed by atoms with Crippen LogP contribution in [0.15, 0.2) is 48.5 Å². The fourth-order valence-electron chi connectivity index (χ4n) is 2.37. The third kappa shape index (κ3) is 4.59. The number of hydrogen-bond donors (Lipinski definition) is 3. The summed E-state index contributed by atoms with van der Waals surface area (Å²) in [7, 11) is 1.59. The summed E-state index contributed by atoms with van der Waals surface area (Å²) in [5.41, 5.74) is 3.32. The molecule has 0 unspecified atom stereocenters. The maximum atomic E-state index is 12.1. The minimum atomic E-state index is -0.135. The Morgan fingerprint density at radius 2 is 1.67 bits per heavy atom. The van der Waals surface area contributed by atoms with Gasteiger partial charge in [-0.25, -0.2) is 0 Å². The van der Waals surface area contributed by atoms with Crippen LogP contribution in [0.25, 0.3) is 0 Å². The van der Waals surface area contributed by atoms with Gasteiger partial charge in [-0.2, -0.15) is 0 Å². The molecule has 0 aliphatic rings. The van der Waals surface area contributed by atoms with Gasteiger partial charge in [0.25, 0.3) is 5.91 Å². The van der Waals surface area contributed by atoms with E-state index in [1.807, 2.05) is 24.3 Å². The molecule has 24 heavy (non-hydrogen) atoms. The molecule has 126 valence electrons. The first-order valence-corrected chi connectivity index (χ1v) is 7.96. The van der Waals surface area contributed by atoms with Crippen LogP contribution in [0.3, 0.4) is 0 Å². The Morgan fingerprint density at radius 3 is 2.29 bits per heavy atom. The minimum Gasteiger partial charge on any atom is -0.376 e. The van der Waals surface area contributed by atoms with Crippen molar-refractivity contribution in [2.45, 2.75) is 19.8 Å². The molecule has 0 radical (unpaired) electrons. The molecule has 0 saturated heterocycles. The Morgan fingerprint density at radius 1 is 1.00 bits per heavy atom. The van der Waals surface area contributed by atoms with E-state index >= 15 is 0 Å². The van der Waals surface area contributed by atoms with E-state index in [9.17, 15) is 9.59 Å². The number of carbonyl (C=O) groups excluding carboxylic acids is 2. The molecule has 5 heteroatoms. The van der Waals surface area contributed by atoms with Gasteiger partial charge in [-0.3, -0.25) is 9.59 Å². The van der Waals surface area contributed by atoms with Gasteiger partial charge in [-0.15, -0.1) is 0 Å². The molecule has 2 amide bonds. The molecule has 3 N–H and O–H groups in total. The van der Waals surface area contributed by atoms with Gasteiger partial charge < -0.3 is 16.0 Å². The summed E-state index contributed by atoms with van der Waals surface area (Å²) in [4.78, 5) is 23.6. The molecule has 0 aliphatic carbocycles. The zero-order valence-electron chi connectivity index (χ0n) is 14.2. The normalized spacial score (nSPS) is 10.3. The predicted molar refractivity (Wildman–Crippen MR) is 97.5 cm³/mol. The van der Waals surface area contributed by atoms with Crippen molar-refractivity contribution >= 4 is 23.2 Å². The van der Waals surface area contributed by atoms with Crippen LogP contribution in [0.4, 0.5) is 11.4 Å². The van der Waals surface area contributed by atoms with Gasteiger partial charge in [0.05, 0.1) is 6.54 Å². The van der Waals surface area contributed by atoms with E-state index in [1.165, 1.54) is 0 Å². The number of nitrogens with one attached hydrogen (secondary N) is 3. The molecule has 2 rings (SSSR count). The molecule has 5 nitrogen and oxygen atoms in total. The molecule has 2 aromatic carbocycles. The number of benzene rings is 2. The van der Waals surface area contributed by atoms with E-state index in [0.717, 1.165) is 16.9 Å². The number of para-hydroxylation sites is 1. The van der Waals surface area contributed by atoms with Gasteiger partial charge in [0.2, 0.25) is 5.91 Å². The largest absolute Gasteiger partial charge is 0.376 e.